The highest BCUT2D eigenvalue weighted by atomic mass is 35.5. The lowest BCUT2D eigenvalue weighted by Gasteiger charge is -2.14. The van der Waals surface area contributed by atoms with Crippen LogP contribution in [0.25, 0.3) is 0 Å². The van der Waals surface area contributed by atoms with Crippen LogP contribution in [0.4, 0.5) is 0 Å². The van der Waals surface area contributed by atoms with E-state index in [0.717, 1.165) is 22.6 Å². The van der Waals surface area contributed by atoms with E-state index in [0.29, 0.717) is 24.6 Å². The average Bonchev–Trinajstić information content (AvgIpc) is 2.62. The smallest absolute Gasteiger partial charge is 0.320 e. The Morgan fingerprint density at radius 1 is 1.16 bits per heavy atom. The van der Waals surface area contributed by atoms with E-state index in [4.69, 9.17) is 16.3 Å². The predicted molar refractivity (Wildman–Crippen MR) is 103 cm³/mol. The highest BCUT2D eigenvalue weighted by Crippen LogP contribution is 2.16. The third kappa shape index (κ3) is 6.98. The molecule has 134 valence electrons. The molecule has 0 spiro atoms. The molecular formula is C19H22ClNO3S. The van der Waals surface area contributed by atoms with Crippen LogP contribution in [0, 0.1) is 0 Å². The van der Waals surface area contributed by atoms with E-state index in [2.05, 4.69) is 5.32 Å². The quantitative estimate of drug-likeness (QED) is 0.647. The number of hydrogen-bond acceptors (Lipinski definition) is 4. The molecule has 2 aromatic rings. The minimum atomic E-state index is -0.808. The van der Waals surface area contributed by atoms with E-state index in [1.165, 1.54) is 0 Å². The molecule has 0 aliphatic carbocycles. The molecule has 0 fully saturated rings. The van der Waals surface area contributed by atoms with Gasteiger partial charge in [-0.2, -0.15) is 11.8 Å². The van der Waals surface area contributed by atoms with Crippen LogP contribution in [0.2, 0.25) is 5.02 Å². The highest BCUT2D eigenvalue weighted by Gasteiger charge is 2.15. The number of nitrogens with one attached hydrogen (secondary N) is 1. The lowest BCUT2D eigenvalue weighted by Crippen LogP contribution is -2.36. The number of thioether (sulfide) groups is 1. The standard InChI is InChI=1S/C19H22ClNO3S/c1-25-11-10-18(19(22)23)21-12-14-4-8-17(9-5-14)24-13-15-2-6-16(20)7-3-15/h2-9,18,21H,10-13H2,1H3,(H,22,23). The van der Waals surface area contributed by atoms with Crippen LogP contribution in [0.5, 0.6) is 5.75 Å². The molecule has 0 amide bonds. The first-order valence-electron chi connectivity index (χ1n) is 8.00. The van der Waals surface area contributed by atoms with Crippen molar-refractivity contribution in [2.24, 2.45) is 0 Å². The number of carboxylic acid groups (broad SMARTS) is 1. The van der Waals surface area contributed by atoms with Crippen molar-refractivity contribution in [2.45, 2.75) is 25.6 Å². The summed E-state index contributed by atoms with van der Waals surface area (Å²) in [5.74, 6) is 0.786. The van der Waals surface area contributed by atoms with Crippen molar-refractivity contribution in [1.29, 1.82) is 0 Å². The normalized spacial score (nSPS) is 11.9. The average molecular weight is 380 g/mol. The summed E-state index contributed by atoms with van der Waals surface area (Å²) in [6.07, 6.45) is 2.58. The van der Waals surface area contributed by atoms with Crippen LogP contribution in [0.15, 0.2) is 48.5 Å². The first-order chi connectivity index (χ1) is 12.1. The first kappa shape index (κ1) is 19.6. The van der Waals surface area contributed by atoms with Crippen LogP contribution in [-0.4, -0.2) is 29.1 Å². The maximum Gasteiger partial charge on any atom is 0.320 e. The topological polar surface area (TPSA) is 58.6 Å². The zero-order valence-corrected chi connectivity index (χ0v) is 15.6. The number of carbonyl (C=O) groups is 1. The molecule has 25 heavy (non-hydrogen) atoms. The van der Waals surface area contributed by atoms with Gasteiger partial charge in [0, 0.05) is 11.6 Å². The second-order valence-electron chi connectivity index (χ2n) is 5.61. The van der Waals surface area contributed by atoms with Gasteiger partial charge in [0.2, 0.25) is 0 Å². The van der Waals surface area contributed by atoms with Crippen LogP contribution in [0.3, 0.4) is 0 Å². The molecule has 0 aliphatic heterocycles. The van der Waals surface area contributed by atoms with E-state index in [9.17, 15) is 9.90 Å². The van der Waals surface area contributed by atoms with Gasteiger partial charge in [0.1, 0.15) is 18.4 Å². The van der Waals surface area contributed by atoms with Crippen molar-refractivity contribution in [1.82, 2.24) is 5.32 Å². The molecule has 2 aromatic carbocycles. The van der Waals surface area contributed by atoms with Gasteiger partial charge in [0.25, 0.3) is 0 Å². The molecule has 0 saturated carbocycles. The largest absolute Gasteiger partial charge is 0.489 e. The molecule has 0 saturated heterocycles. The summed E-state index contributed by atoms with van der Waals surface area (Å²) in [5.41, 5.74) is 2.07. The Bertz CT molecular complexity index is 661. The van der Waals surface area contributed by atoms with Gasteiger partial charge < -0.3 is 15.2 Å². The Kier molecular flexibility index (Phi) is 8.12. The zero-order chi connectivity index (χ0) is 18.1. The van der Waals surface area contributed by atoms with Gasteiger partial charge in [0.05, 0.1) is 0 Å². The second-order valence-corrected chi connectivity index (χ2v) is 7.03. The van der Waals surface area contributed by atoms with Crippen LogP contribution >= 0.6 is 23.4 Å². The van der Waals surface area contributed by atoms with Crippen molar-refractivity contribution in [2.75, 3.05) is 12.0 Å². The van der Waals surface area contributed by atoms with Gasteiger partial charge in [-0.05, 0) is 53.8 Å². The minimum Gasteiger partial charge on any atom is -0.489 e. The van der Waals surface area contributed by atoms with Crippen LogP contribution < -0.4 is 10.1 Å². The maximum absolute atomic E-state index is 11.2. The second kappa shape index (κ2) is 10.3. The van der Waals surface area contributed by atoms with E-state index < -0.39 is 12.0 Å². The maximum atomic E-state index is 11.2. The fourth-order valence-corrected chi connectivity index (χ4v) is 2.84. The fraction of sp³-hybridized carbons (Fsp3) is 0.316. The predicted octanol–water partition coefficient (Wildman–Crippen LogP) is 4.21. The molecule has 6 heteroatoms. The molecule has 4 nitrogen and oxygen atoms in total. The molecule has 0 bridgehead atoms. The number of hydrogen-bond donors (Lipinski definition) is 2. The summed E-state index contributed by atoms with van der Waals surface area (Å²) in [7, 11) is 0. The molecule has 0 heterocycles. The molecule has 2 N–H and O–H groups in total. The number of aliphatic carboxylic acids is 1. The van der Waals surface area contributed by atoms with Gasteiger partial charge in [0.15, 0.2) is 0 Å². The van der Waals surface area contributed by atoms with E-state index >= 15 is 0 Å². The monoisotopic (exact) mass is 379 g/mol. The molecule has 1 atom stereocenters. The van der Waals surface area contributed by atoms with E-state index in [-0.39, 0.29) is 0 Å². The third-order valence-corrected chi connectivity index (χ3v) is 4.60. The van der Waals surface area contributed by atoms with E-state index in [1.54, 1.807) is 11.8 Å². The molecule has 0 aliphatic rings. The van der Waals surface area contributed by atoms with Crippen LogP contribution in [0.1, 0.15) is 17.5 Å². The van der Waals surface area contributed by atoms with Gasteiger partial charge in [-0.25, -0.2) is 0 Å². The summed E-state index contributed by atoms with van der Waals surface area (Å²) >= 11 is 7.51. The third-order valence-electron chi connectivity index (χ3n) is 3.70. The zero-order valence-electron chi connectivity index (χ0n) is 14.1. The minimum absolute atomic E-state index is 0.477. The van der Waals surface area contributed by atoms with Gasteiger partial charge in [-0.1, -0.05) is 35.9 Å². The molecular weight excluding hydrogens is 358 g/mol. The Labute approximate surface area is 157 Å². The SMILES string of the molecule is CSCCC(NCc1ccc(OCc2ccc(Cl)cc2)cc1)C(=O)O. The number of rotatable bonds is 10. The summed E-state index contributed by atoms with van der Waals surface area (Å²) in [4.78, 5) is 11.2. The molecule has 0 radical (unpaired) electrons. The van der Waals surface area contributed by atoms with Gasteiger partial charge >= 0.3 is 5.97 Å². The number of carboxylic acids is 1. The van der Waals surface area contributed by atoms with Crippen molar-refractivity contribution >= 4 is 29.3 Å². The summed E-state index contributed by atoms with van der Waals surface area (Å²) in [6, 6.07) is 14.7. The van der Waals surface area contributed by atoms with Crippen molar-refractivity contribution in [3.8, 4) is 5.75 Å². The highest BCUT2D eigenvalue weighted by molar-refractivity contribution is 7.98. The van der Waals surface area contributed by atoms with Crippen molar-refractivity contribution in [3.05, 3.63) is 64.7 Å². The number of halogens is 1. The van der Waals surface area contributed by atoms with E-state index in [1.807, 2.05) is 54.8 Å². The van der Waals surface area contributed by atoms with Crippen molar-refractivity contribution < 1.29 is 14.6 Å². The Morgan fingerprint density at radius 2 is 1.80 bits per heavy atom. The summed E-state index contributed by atoms with van der Waals surface area (Å²) < 4.78 is 5.74. The fourth-order valence-electron chi connectivity index (χ4n) is 2.24. The lowest BCUT2D eigenvalue weighted by atomic mass is 10.1. The summed E-state index contributed by atoms with van der Waals surface area (Å²) in [5, 5.41) is 13.0. The van der Waals surface area contributed by atoms with Crippen LogP contribution in [-0.2, 0) is 17.9 Å². The lowest BCUT2D eigenvalue weighted by molar-refractivity contribution is -0.139. The Balaban J connectivity index is 1.82. The number of ether oxygens (including phenoxy) is 1. The van der Waals surface area contributed by atoms with Gasteiger partial charge in [-0.3, -0.25) is 4.79 Å². The van der Waals surface area contributed by atoms with Crippen molar-refractivity contribution in [3.63, 3.8) is 0 Å². The van der Waals surface area contributed by atoms with Gasteiger partial charge in [-0.15, -0.1) is 0 Å². The molecule has 0 aromatic heterocycles. The molecule has 2 rings (SSSR count). The molecule has 1 unspecified atom stereocenters. The summed E-state index contributed by atoms with van der Waals surface area (Å²) in [6.45, 7) is 0.993. The number of benzene rings is 2. The Hall–Kier alpha value is -1.69. The first-order valence-corrected chi connectivity index (χ1v) is 9.77. The Morgan fingerprint density at radius 3 is 2.40 bits per heavy atom.